The SMILES string of the molecule is Cc1ccc(C(=O)N2C(C(=O)O)CSC2C(C)C)o1. The Hall–Kier alpha value is -1.43. The molecule has 2 unspecified atom stereocenters. The van der Waals surface area contributed by atoms with Gasteiger partial charge in [0, 0.05) is 5.75 Å². The Bertz CT molecular complexity index is 497. The van der Waals surface area contributed by atoms with E-state index in [1.165, 1.54) is 16.7 Å². The van der Waals surface area contributed by atoms with Crippen LogP contribution in [0.3, 0.4) is 0 Å². The van der Waals surface area contributed by atoms with Gasteiger partial charge < -0.3 is 14.4 Å². The molecule has 1 aliphatic heterocycles. The molecule has 19 heavy (non-hydrogen) atoms. The van der Waals surface area contributed by atoms with Crippen LogP contribution in [-0.4, -0.2) is 39.1 Å². The quantitative estimate of drug-likeness (QED) is 0.921. The van der Waals surface area contributed by atoms with Gasteiger partial charge in [-0.05, 0) is 25.0 Å². The summed E-state index contributed by atoms with van der Waals surface area (Å²) >= 11 is 1.51. The van der Waals surface area contributed by atoms with Crippen molar-refractivity contribution in [2.24, 2.45) is 5.92 Å². The standard InChI is InChI=1S/C13H17NO4S/c1-7(2)12-14(9(6-19-12)13(16)17)11(15)10-5-4-8(3)18-10/h4-5,7,9,12H,6H2,1-3H3,(H,16,17). The molecule has 1 fully saturated rings. The monoisotopic (exact) mass is 283 g/mol. The summed E-state index contributed by atoms with van der Waals surface area (Å²) in [5, 5.41) is 9.12. The van der Waals surface area contributed by atoms with Gasteiger partial charge in [-0.25, -0.2) is 4.79 Å². The second kappa shape index (κ2) is 5.28. The highest BCUT2D eigenvalue weighted by Gasteiger charge is 2.43. The molecule has 6 heteroatoms. The van der Waals surface area contributed by atoms with Crippen molar-refractivity contribution in [3.8, 4) is 0 Å². The van der Waals surface area contributed by atoms with Gasteiger partial charge in [0.1, 0.15) is 11.8 Å². The Morgan fingerprint density at radius 3 is 2.63 bits per heavy atom. The molecule has 0 aliphatic carbocycles. The minimum atomic E-state index is -0.965. The third-order valence-corrected chi connectivity index (χ3v) is 4.70. The number of aliphatic carboxylic acids is 1. The predicted octanol–water partition coefficient (Wildman–Crippen LogP) is 2.21. The van der Waals surface area contributed by atoms with E-state index in [0.717, 1.165) is 0 Å². The van der Waals surface area contributed by atoms with E-state index in [0.29, 0.717) is 11.5 Å². The van der Waals surface area contributed by atoms with Crippen LogP contribution in [0, 0.1) is 12.8 Å². The first-order valence-corrected chi connectivity index (χ1v) is 7.20. The molecule has 1 aliphatic rings. The third-order valence-electron chi connectivity index (χ3n) is 3.08. The summed E-state index contributed by atoms with van der Waals surface area (Å²) in [6, 6.07) is 2.52. The lowest BCUT2D eigenvalue weighted by atomic mass is 10.1. The predicted molar refractivity (Wildman–Crippen MR) is 72.1 cm³/mol. The second-order valence-electron chi connectivity index (χ2n) is 4.94. The van der Waals surface area contributed by atoms with Crippen LogP contribution in [0.2, 0.25) is 0 Å². The van der Waals surface area contributed by atoms with Gasteiger partial charge in [0.05, 0.1) is 5.37 Å². The van der Waals surface area contributed by atoms with Gasteiger partial charge >= 0.3 is 5.97 Å². The molecule has 2 atom stereocenters. The van der Waals surface area contributed by atoms with E-state index >= 15 is 0 Å². The highest BCUT2D eigenvalue weighted by Crippen LogP contribution is 2.35. The number of hydrogen-bond donors (Lipinski definition) is 1. The number of hydrogen-bond acceptors (Lipinski definition) is 4. The molecule has 1 aromatic heterocycles. The van der Waals surface area contributed by atoms with Gasteiger partial charge in [-0.15, -0.1) is 11.8 Å². The zero-order valence-electron chi connectivity index (χ0n) is 11.1. The lowest BCUT2D eigenvalue weighted by Crippen LogP contribution is -2.47. The maximum Gasteiger partial charge on any atom is 0.327 e. The van der Waals surface area contributed by atoms with Gasteiger partial charge in [-0.1, -0.05) is 13.8 Å². The van der Waals surface area contributed by atoms with Crippen LogP contribution in [0.5, 0.6) is 0 Å². The lowest BCUT2D eigenvalue weighted by molar-refractivity contribution is -0.141. The van der Waals surface area contributed by atoms with Crippen molar-refractivity contribution < 1.29 is 19.1 Å². The molecule has 1 aromatic rings. The number of carboxylic acid groups (broad SMARTS) is 1. The lowest BCUT2D eigenvalue weighted by Gasteiger charge is -2.28. The van der Waals surface area contributed by atoms with Gasteiger partial charge in [0.2, 0.25) is 0 Å². The Morgan fingerprint density at radius 1 is 1.47 bits per heavy atom. The Kier molecular flexibility index (Phi) is 3.89. The van der Waals surface area contributed by atoms with Crippen molar-refractivity contribution in [3.05, 3.63) is 23.7 Å². The number of carbonyl (C=O) groups is 2. The minimum Gasteiger partial charge on any atom is -0.480 e. The third kappa shape index (κ3) is 2.63. The summed E-state index contributed by atoms with van der Waals surface area (Å²) in [5.74, 6) is 0.148. The average molecular weight is 283 g/mol. The molecule has 0 saturated carbocycles. The molecule has 2 heterocycles. The summed E-state index contributed by atoms with van der Waals surface area (Å²) in [7, 11) is 0. The van der Waals surface area contributed by atoms with Crippen molar-refractivity contribution in [3.63, 3.8) is 0 Å². The maximum absolute atomic E-state index is 12.4. The second-order valence-corrected chi connectivity index (χ2v) is 6.09. The first-order valence-electron chi connectivity index (χ1n) is 6.15. The summed E-state index contributed by atoms with van der Waals surface area (Å²) < 4.78 is 5.32. The molecule has 5 nitrogen and oxygen atoms in total. The van der Waals surface area contributed by atoms with Gasteiger partial charge in [0.25, 0.3) is 5.91 Å². The molecule has 0 radical (unpaired) electrons. The van der Waals surface area contributed by atoms with Crippen LogP contribution in [0.4, 0.5) is 0 Å². The van der Waals surface area contributed by atoms with Crippen LogP contribution in [0.25, 0.3) is 0 Å². The summed E-state index contributed by atoms with van der Waals surface area (Å²) in [6.45, 7) is 5.72. The van der Waals surface area contributed by atoms with Crippen molar-refractivity contribution in [2.45, 2.75) is 32.2 Å². The molecule has 0 bridgehead atoms. The average Bonchev–Trinajstić information content (AvgIpc) is 2.93. The number of thioether (sulfide) groups is 1. The molecule has 104 valence electrons. The largest absolute Gasteiger partial charge is 0.480 e. The van der Waals surface area contributed by atoms with Crippen LogP contribution >= 0.6 is 11.8 Å². The molecular formula is C13H17NO4S. The molecular weight excluding hydrogens is 266 g/mol. The zero-order chi connectivity index (χ0) is 14.2. The Balaban J connectivity index is 2.30. The van der Waals surface area contributed by atoms with E-state index in [1.54, 1.807) is 19.1 Å². The summed E-state index contributed by atoms with van der Waals surface area (Å²) in [4.78, 5) is 25.2. The number of aryl methyl sites for hydroxylation is 1. The number of furan rings is 1. The molecule has 0 aromatic carbocycles. The van der Waals surface area contributed by atoms with Crippen LogP contribution in [0.1, 0.15) is 30.2 Å². The molecule has 2 rings (SSSR count). The fourth-order valence-corrected chi connectivity index (χ4v) is 3.64. The number of rotatable bonds is 3. The molecule has 1 N–H and O–H groups in total. The first-order chi connectivity index (χ1) is 8.91. The van der Waals surface area contributed by atoms with Crippen LogP contribution in [-0.2, 0) is 4.79 Å². The zero-order valence-corrected chi connectivity index (χ0v) is 11.9. The van der Waals surface area contributed by atoms with Crippen LogP contribution < -0.4 is 0 Å². The first kappa shape index (κ1) is 14.0. The summed E-state index contributed by atoms with van der Waals surface area (Å²) in [6.07, 6.45) is 0. The van der Waals surface area contributed by atoms with Crippen LogP contribution in [0.15, 0.2) is 16.5 Å². The fourth-order valence-electron chi connectivity index (χ4n) is 2.17. The van der Waals surface area contributed by atoms with Crippen molar-refractivity contribution >= 4 is 23.6 Å². The number of carbonyl (C=O) groups excluding carboxylic acids is 1. The van der Waals surface area contributed by atoms with Crippen molar-refractivity contribution in [2.75, 3.05) is 5.75 Å². The maximum atomic E-state index is 12.4. The number of amides is 1. The van der Waals surface area contributed by atoms with Gasteiger partial charge in [-0.3, -0.25) is 4.79 Å². The topological polar surface area (TPSA) is 70.8 Å². The summed E-state index contributed by atoms with van der Waals surface area (Å²) in [5.41, 5.74) is 0. The Morgan fingerprint density at radius 2 is 2.16 bits per heavy atom. The van der Waals surface area contributed by atoms with Crippen molar-refractivity contribution in [1.29, 1.82) is 0 Å². The van der Waals surface area contributed by atoms with E-state index in [2.05, 4.69) is 0 Å². The van der Waals surface area contributed by atoms with Crippen molar-refractivity contribution in [1.82, 2.24) is 4.90 Å². The van der Waals surface area contributed by atoms with E-state index in [1.807, 2.05) is 13.8 Å². The molecule has 1 amide bonds. The molecule has 0 spiro atoms. The normalized spacial score (nSPS) is 23.1. The number of nitrogens with zero attached hydrogens (tertiary/aromatic N) is 1. The van der Waals surface area contributed by atoms with E-state index in [9.17, 15) is 14.7 Å². The highest BCUT2D eigenvalue weighted by atomic mass is 32.2. The van der Waals surface area contributed by atoms with E-state index in [-0.39, 0.29) is 23.0 Å². The Labute approximate surface area is 116 Å². The van der Waals surface area contributed by atoms with Gasteiger partial charge in [-0.2, -0.15) is 0 Å². The number of carboxylic acids is 1. The smallest absolute Gasteiger partial charge is 0.327 e. The fraction of sp³-hybridized carbons (Fsp3) is 0.538. The molecule has 1 saturated heterocycles. The van der Waals surface area contributed by atoms with E-state index < -0.39 is 12.0 Å². The minimum absolute atomic E-state index is 0.126. The highest BCUT2D eigenvalue weighted by molar-refractivity contribution is 8.00. The van der Waals surface area contributed by atoms with Gasteiger partial charge in [0.15, 0.2) is 5.76 Å². The van der Waals surface area contributed by atoms with E-state index in [4.69, 9.17) is 4.42 Å².